The molecule has 0 unspecified atom stereocenters. The van der Waals surface area contributed by atoms with Crippen LogP contribution in [0.15, 0.2) is 35.6 Å². The van der Waals surface area contributed by atoms with E-state index in [4.69, 9.17) is 4.74 Å². The first-order valence-electron chi connectivity index (χ1n) is 6.15. The number of ether oxygens (including phenoxy) is 1. The van der Waals surface area contributed by atoms with Crippen molar-refractivity contribution >= 4 is 21.4 Å². The Kier molecular flexibility index (Phi) is 3.56. The Morgan fingerprint density at radius 2 is 1.96 bits per heavy atom. The van der Waals surface area contributed by atoms with Crippen molar-refractivity contribution in [3.05, 3.63) is 42.1 Å². The summed E-state index contributed by atoms with van der Waals surface area (Å²) in [6.07, 6.45) is 0.823. The molecule has 0 saturated heterocycles. The van der Waals surface area contributed by atoms with Gasteiger partial charge in [0.1, 0.15) is 5.82 Å². The molecule has 3 aromatic rings. The molecule has 2 heterocycles. The fourth-order valence-electron chi connectivity index (χ4n) is 1.79. The number of halogens is 2. The first-order chi connectivity index (χ1) is 10.9. The molecule has 0 bridgehead atoms. The third-order valence-corrected chi connectivity index (χ3v) is 3.95. The molecule has 0 fully saturated rings. The van der Waals surface area contributed by atoms with Crippen LogP contribution in [0, 0.1) is 11.6 Å². The fourth-order valence-corrected chi connectivity index (χ4v) is 2.74. The Labute approximate surface area is 128 Å². The van der Waals surface area contributed by atoms with E-state index in [1.54, 1.807) is 0 Å². The normalized spacial score (nSPS) is 11.6. The van der Waals surface area contributed by atoms with Crippen LogP contribution in [0.2, 0.25) is 0 Å². The van der Waals surface area contributed by atoms with Gasteiger partial charge in [-0.3, -0.25) is 4.72 Å². The van der Waals surface area contributed by atoms with Crippen LogP contribution in [0.25, 0.3) is 5.65 Å². The van der Waals surface area contributed by atoms with E-state index >= 15 is 0 Å². The third-order valence-electron chi connectivity index (χ3n) is 2.81. The highest BCUT2D eigenvalue weighted by atomic mass is 32.2. The number of anilines is 1. The summed E-state index contributed by atoms with van der Waals surface area (Å²) in [6, 6.07) is 5.01. The lowest BCUT2D eigenvalue weighted by Gasteiger charge is -2.05. The van der Waals surface area contributed by atoms with E-state index < -0.39 is 26.8 Å². The molecule has 1 N–H and O–H groups in total. The molecule has 1 aromatic carbocycles. The molecule has 0 atom stereocenters. The molecule has 0 spiro atoms. The number of fused-ring (bicyclic) bond motifs is 1. The van der Waals surface area contributed by atoms with Gasteiger partial charge >= 0.3 is 6.01 Å². The fraction of sp³-hybridized carbons (Fsp3) is 0.0833. The predicted octanol–water partition coefficient (Wildman–Crippen LogP) is 1.21. The van der Waals surface area contributed by atoms with Gasteiger partial charge in [0.25, 0.3) is 15.2 Å². The van der Waals surface area contributed by atoms with Crippen molar-refractivity contribution in [3.8, 4) is 6.01 Å². The maximum Gasteiger partial charge on any atom is 0.319 e. The minimum absolute atomic E-state index is 0.152. The standard InChI is InChI=1S/C12H9F2N5O3S/c1-22-12-15-6-8(14)10-16-11(17-19(10)12)23(20,21)18-9-5-3-2-4-7(9)13/h2-6,18H,1H3. The van der Waals surface area contributed by atoms with Crippen molar-refractivity contribution in [1.29, 1.82) is 0 Å². The quantitative estimate of drug-likeness (QED) is 0.766. The molecule has 3 rings (SSSR count). The lowest BCUT2D eigenvalue weighted by molar-refractivity contribution is 0.363. The molecule has 0 aliphatic rings. The van der Waals surface area contributed by atoms with E-state index in [1.807, 2.05) is 4.72 Å². The van der Waals surface area contributed by atoms with Gasteiger partial charge in [0.2, 0.25) is 0 Å². The van der Waals surface area contributed by atoms with Gasteiger partial charge in [0, 0.05) is 0 Å². The molecule has 0 amide bonds. The first-order valence-corrected chi connectivity index (χ1v) is 7.63. The summed E-state index contributed by atoms with van der Waals surface area (Å²) in [5, 5.41) is 2.90. The number of benzene rings is 1. The zero-order chi connectivity index (χ0) is 16.6. The average Bonchev–Trinajstić information content (AvgIpc) is 2.97. The summed E-state index contributed by atoms with van der Waals surface area (Å²) in [5.74, 6) is -1.66. The van der Waals surface area contributed by atoms with E-state index in [0.717, 1.165) is 16.8 Å². The lowest BCUT2D eigenvalue weighted by atomic mass is 10.3. The Bertz CT molecular complexity index is 990. The zero-order valence-electron chi connectivity index (χ0n) is 11.6. The second-order valence-electron chi connectivity index (χ2n) is 4.31. The Morgan fingerprint density at radius 1 is 1.22 bits per heavy atom. The smallest absolute Gasteiger partial charge is 0.319 e. The van der Waals surface area contributed by atoms with Crippen molar-refractivity contribution in [2.24, 2.45) is 0 Å². The number of sulfonamides is 1. The van der Waals surface area contributed by atoms with Gasteiger partial charge in [0.05, 0.1) is 19.0 Å². The second-order valence-corrected chi connectivity index (χ2v) is 5.88. The van der Waals surface area contributed by atoms with Crippen LogP contribution < -0.4 is 9.46 Å². The largest absolute Gasteiger partial charge is 0.467 e. The summed E-state index contributed by atoms with van der Waals surface area (Å²) >= 11 is 0. The highest BCUT2D eigenvalue weighted by Crippen LogP contribution is 2.19. The molecule has 0 radical (unpaired) electrons. The van der Waals surface area contributed by atoms with Crippen LogP contribution in [0.1, 0.15) is 0 Å². The predicted molar refractivity (Wildman–Crippen MR) is 74.5 cm³/mol. The zero-order valence-corrected chi connectivity index (χ0v) is 12.4. The number of nitrogens with one attached hydrogen (secondary N) is 1. The highest BCUT2D eigenvalue weighted by molar-refractivity contribution is 7.92. The maximum absolute atomic E-state index is 13.7. The van der Waals surface area contributed by atoms with Crippen LogP contribution in [-0.4, -0.2) is 35.1 Å². The Hall–Kier alpha value is -2.82. The summed E-state index contributed by atoms with van der Waals surface area (Å²) < 4.78 is 59.4. The van der Waals surface area contributed by atoms with Crippen molar-refractivity contribution in [3.63, 3.8) is 0 Å². The van der Waals surface area contributed by atoms with Gasteiger partial charge in [-0.2, -0.15) is 17.9 Å². The van der Waals surface area contributed by atoms with Crippen LogP contribution in [-0.2, 0) is 10.0 Å². The molecular weight excluding hydrogens is 332 g/mol. The molecule has 120 valence electrons. The molecular formula is C12H9F2N5O3S. The summed E-state index contributed by atoms with van der Waals surface area (Å²) in [6.45, 7) is 0. The van der Waals surface area contributed by atoms with E-state index in [-0.39, 0.29) is 17.3 Å². The number of aromatic nitrogens is 4. The average molecular weight is 341 g/mol. The van der Waals surface area contributed by atoms with Crippen molar-refractivity contribution in [1.82, 2.24) is 19.6 Å². The summed E-state index contributed by atoms with van der Waals surface area (Å²) in [7, 11) is -3.07. The van der Waals surface area contributed by atoms with Gasteiger partial charge in [-0.25, -0.2) is 13.8 Å². The SMILES string of the molecule is COc1ncc(F)c2nc(S(=O)(=O)Nc3ccccc3F)nn12. The van der Waals surface area contributed by atoms with Gasteiger partial charge in [-0.05, 0) is 12.1 Å². The number of para-hydroxylation sites is 1. The molecule has 0 saturated carbocycles. The minimum atomic E-state index is -4.32. The number of nitrogens with zero attached hydrogens (tertiary/aromatic N) is 4. The Balaban J connectivity index is 2.09. The van der Waals surface area contributed by atoms with Gasteiger partial charge in [-0.1, -0.05) is 12.1 Å². The molecule has 23 heavy (non-hydrogen) atoms. The number of hydrogen-bond donors (Lipinski definition) is 1. The summed E-state index contributed by atoms with van der Waals surface area (Å²) in [4.78, 5) is 7.21. The van der Waals surface area contributed by atoms with Crippen molar-refractivity contribution in [2.75, 3.05) is 11.8 Å². The molecule has 0 aliphatic heterocycles. The van der Waals surface area contributed by atoms with E-state index in [1.165, 1.54) is 25.3 Å². The maximum atomic E-state index is 13.7. The van der Waals surface area contributed by atoms with Crippen molar-refractivity contribution < 1.29 is 21.9 Å². The number of hydrogen-bond acceptors (Lipinski definition) is 6. The van der Waals surface area contributed by atoms with E-state index in [2.05, 4.69) is 15.1 Å². The topological polar surface area (TPSA) is 98.5 Å². The second kappa shape index (κ2) is 5.43. The molecule has 11 heteroatoms. The van der Waals surface area contributed by atoms with E-state index in [9.17, 15) is 17.2 Å². The monoisotopic (exact) mass is 341 g/mol. The highest BCUT2D eigenvalue weighted by Gasteiger charge is 2.24. The van der Waals surface area contributed by atoms with Crippen LogP contribution in [0.5, 0.6) is 6.01 Å². The number of methoxy groups -OCH3 is 1. The summed E-state index contributed by atoms with van der Waals surface area (Å²) in [5.41, 5.74) is -0.664. The van der Waals surface area contributed by atoms with Gasteiger partial charge in [-0.15, -0.1) is 5.10 Å². The minimum Gasteiger partial charge on any atom is -0.467 e. The number of rotatable bonds is 4. The van der Waals surface area contributed by atoms with Crippen LogP contribution in [0.4, 0.5) is 14.5 Å². The van der Waals surface area contributed by atoms with Gasteiger partial charge in [0.15, 0.2) is 11.5 Å². The van der Waals surface area contributed by atoms with Crippen molar-refractivity contribution in [2.45, 2.75) is 5.16 Å². The first kappa shape index (κ1) is 15.1. The van der Waals surface area contributed by atoms with Crippen LogP contribution >= 0.6 is 0 Å². The molecule has 2 aromatic heterocycles. The Morgan fingerprint density at radius 3 is 2.65 bits per heavy atom. The molecule has 8 nitrogen and oxygen atoms in total. The molecule has 0 aliphatic carbocycles. The third kappa shape index (κ3) is 2.65. The van der Waals surface area contributed by atoms with Gasteiger partial charge < -0.3 is 4.74 Å². The van der Waals surface area contributed by atoms with Crippen LogP contribution in [0.3, 0.4) is 0 Å². The van der Waals surface area contributed by atoms with E-state index in [0.29, 0.717) is 0 Å². The lowest BCUT2D eigenvalue weighted by Crippen LogP contribution is -2.15.